The molecule has 0 radical (unpaired) electrons. The first-order chi connectivity index (χ1) is 7.71. The largest absolute Gasteiger partial charge is 0.743 e. The van der Waals surface area contributed by atoms with Crippen LogP contribution in [0.1, 0.15) is 33.6 Å². The van der Waals surface area contributed by atoms with E-state index in [-0.39, 0.29) is 6.61 Å². The third-order valence-electron chi connectivity index (χ3n) is 1.91. The summed E-state index contributed by atoms with van der Waals surface area (Å²) in [6, 6.07) is 0. The van der Waals surface area contributed by atoms with Crippen molar-refractivity contribution in [2.75, 3.05) is 6.61 Å². The fraction of sp³-hybridized carbons (Fsp3) is 1.00. The molecule has 0 aromatic carbocycles. The van der Waals surface area contributed by atoms with Crippen molar-refractivity contribution >= 4 is 10.1 Å². The van der Waals surface area contributed by atoms with Crippen molar-refractivity contribution in [2.24, 2.45) is 0 Å². The molecule has 18 heavy (non-hydrogen) atoms. The van der Waals surface area contributed by atoms with E-state index in [9.17, 15) is 30.5 Å². The Kier molecular flexibility index (Phi) is 5.18. The second-order valence-electron chi connectivity index (χ2n) is 4.74. The SMILES string of the molecule is CC(C)(C)OCCCC(F)(F)C(F)(F)S(=O)(=O)[O-]. The van der Waals surface area contributed by atoms with E-state index in [4.69, 9.17) is 4.74 Å². The van der Waals surface area contributed by atoms with Crippen LogP contribution in [0.2, 0.25) is 0 Å². The maximum Gasteiger partial charge on any atom is 0.396 e. The highest BCUT2D eigenvalue weighted by molar-refractivity contribution is 7.86. The number of rotatable bonds is 6. The van der Waals surface area contributed by atoms with E-state index in [1.165, 1.54) is 0 Å². The first-order valence-electron chi connectivity index (χ1n) is 5.06. The summed E-state index contributed by atoms with van der Waals surface area (Å²) in [4.78, 5) is 0. The van der Waals surface area contributed by atoms with Crippen LogP contribution in [0.15, 0.2) is 0 Å². The minimum atomic E-state index is -6.40. The molecule has 0 aromatic rings. The molecular formula is C9H15F4O4S-. The van der Waals surface area contributed by atoms with Gasteiger partial charge in [-0.15, -0.1) is 0 Å². The fourth-order valence-corrected chi connectivity index (χ4v) is 1.47. The number of hydrogen-bond acceptors (Lipinski definition) is 4. The molecule has 0 amide bonds. The summed E-state index contributed by atoms with van der Waals surface area (Å²) in [7, 11) is -6.40. The molecule has 0 unspecified atom stereocenters. The van der Waals surface area contributed by atoms with Gasteiger partial charge in [-0.2, -0.15) is 17.6 Å². The minimum Gasteiger partial charge on any atom is -0.743 e. The van der Waals surface area contributed by atoms with Gasteiger partial charge < -0.3 is 9.29 Å². The maximum absolute atomic E-state index is 12.9. The van der Waals surface area contributed by atoms with Gasteiger partial charge in [-0.3, -0.25) is 0 Å². The molecule has 0 atom stereocenters. The van der Waals surface area contributed by atoms with Crippen molar-refractivity contribution in [3.63, 3.8) is 0 Å². The Labute approximate surface area is 103 Å². The third-order valence-corrected chi connectivity index (χ3v) is 2.84. The first-order valence-corrected chi connectivity index (χ1v) is 6.46. The summed E-state index contributed by atoms with van der Waals surface area (Å²) in [6.07, 6.45) is -1.94. The van der Waals surface area contributed by atoms with Crippen molar-refractivity contribution in [2.45, 2.75) is 50.4 Å². The molecule has 0 aliphatic carbocycles. The van der Waals surface area contributed by atoms with Crippen LogP contribution in [0, 0.1) is 0 Å². The lowest BCUT2D eigenvalue weighted by Gasteiger charge is -2.28. The Hall–Kier alpha value is -0.410. The molecule has 0 saturated heterocycles. The predicted molar refractivity (Wildman–Crippen MR) is 54.5 cm³/mol. The highest BCUT2D eigenvalue weighted by atomic mass is 32.2. The maximum atomic E-state index is 12.9. The van der Waals surface area contributed by atoms with Gasteiger partial charge in [0.25, 0.3) is 0 Å². The van der Waals surface area contributed by atoms with Crippen LogP contribution in [0.5, 0.6) is 0 Å². The van der Waals surface area contributed by atoms with E-state index < -0.39 is 39.7 Å². The normalized spacial score (nSPS) is 14.9. The van der Waals surface area contributed by atoms with Crippen molar-refractivity contribution < 1.29 is 35.3 Å². The van der Waals surface area contributed by atoms with Gasteiger partial charge >= 0.3 is 11.2 Å². The standard InChI is InChI=1S/C9H16F4O4S/c1-7(2,3)17-6-4-5-8(10,11)9(12,13)18(14,15)16/h4-6H2,1-3H3,(H,14,15,16)/p-1. The van der Waals surface area contributed by atoms with Crippen LogP contribution < -0.4 is 0 Å². The number of hydrogen-bond donors (Lipinski definition) is 0. The lowest BCUT2D eigenvalue weighted by molar-refractivity contribution is -0.167. The lowest BCUT2D eigenvalue weighted by Crippen LogP contribution is -2.47. The summed E-state index contributed by atoms with van der Waals surface area (Å²) in [5.41, 5.74) is -0.623. The molecular weight excluding hydrogens is 280 g/mol. The zero-order valence-electron chi connectivity index (χ0n) is 10.2. The monoisotopic (exact) mass is 295 g/mol. The van der Waals surface area contributed by atoms with Crippen molar-refractivity contribution in [3.05, 3.63) is 0 Å². The second-order valence-corrected chi connectivity index (χ2v) is 6.16. The predicted octanol–water partition coefficient (Wildman–Crippen LogP) is 2.36. The average Bonchev–Trinajstić information content (AvgIpc) is 2.09. The summed E-state index contributed by atoms with van der Waals surface area (Å²) < 4.78 is 86.5. The molecule has 110 valence electrons. The highest BCUT2D eigenvalue weighted by Gasteiger charge is 2.60. The quantitative estimate of drug-likeness (QED) is 0.428. The highest BCUT2D eigenvalue weighted by Crippen LogP contribution is 2.41. The van der Waals surface area contributed by atoms with Crippen LogP contribution in [-0.4, -0.2) is 36.4 Å². The van der Waals surface area contributed by atoms with Gasteiger partial charge in [-0.05, 0) is 27.2 Å². The Balaban J connectivity index is 4.50. The van der Waals surface area contributed by atoms with Crippen molar-refractivity contribution in [1.29, 1.82) is 0 Å². The number of ether oxygens (including phenoxy) is 1. The molecule has 0 rings (SSSR count). The third kappa shape index (κ3) is 4.69. The van der Waals surface area contributed by atoms with Gasteiger partial charge in [-0.25, -0.2) is 8.42 Å². The van der Waals surface area contributed by atoms with Gasteiger partial charge in [0.05, 0.1) is 5.60 Å². The molecule has 0 fully saturated rings. The van der Waals surface area contributed by atoms with Crippen LogP contribution in [0.3, 0.4) is 0 Å². The van der Waals surface area contributed by atoms with E-state index in [1.54, 1.807) is 20.8 Å². The van der Waals surface area contributed by atoms with Gasteiger partial charge in [0.1, 0.15) is 0 Å². The molecule has 0 aliphatic rings. The second kappa shape index (κ2) is 5.30. The van der Waals surface area contributed by atoms with Gasteiger partial charge in [0, 0.05) is 13.0 Å². The lowest BCUT2D eigenvalue weighted by atomic mass is 10.1. The van der Waals surface area contributed by atoms with Crippen LogP contribution in [0.25, 0.3) is 0 Å². The van der Waals surface area contributed by atoms with Gasteiger partial charge in [0.2, 0.25) is 0 Å². The molecule has 4 nitrogen and oxygen atoms in total. The van der Waals surface area contributed by atoms with Gasteiger partial charge in [-0.1, -0.05) is 0 Å². The van der Waals surface area contributed by atoms with E-state index in [0.717, 1.165) is 0 Å². The molecule has 0 bridgehead atoms. The zero-order chi connectivity index (χ0) is 14.8. The van der Waals surface area contributed by atoms with Gasteiger partial charge in [0.15, 0.2) is 10.1 Å². The average molecular weight is 295 g/mol. The Morgan fingerprint density at radius 1 is 1.11 bits per heavy atom. The molecule has 0 aromatic heterocycles. The molecule has 9 heteroatoms. The molecule has 0 N–H and O–H groups in total. The summed E-state index contributed by atoms with van der Waals surface area (Å²) in [5.74, 6) is -4.91. The van der Waals surface area contributed by atoms with Crippen molar-refractivity contribution in [3.8, 4) is 0 Å². The summed E-state index contributed by atoms with van der Waals surface area (Å²) >= 11 is 0. The van der Waals surface area contributed by atoms with E-state index in [2.05, 4.69) is 0 Å². The molecule has 0 aliphatic heterocycles. The summed E-state index contributed by atoms with van der Waals surface area (Å²) in [6.45, 7) is 4.68. The van der Waals surface area contributed by atoms with E-state index in [0.29, 0.717) is 0 Å². The first kappa shape index (κ1) is 17.6. The van der Waals surface area contributed by atoms with E-state index in [1.807, 2.05) is 0 Å². The summed E-state index contributed by atoms with van der Waals surface area (Å²) in [5, 5.41) is -5.61. The number of halogens is 4. The van der Waals surface area contributed by atoms with Crippen LogP contribution in [-0.2, 0) is 14.9 Å². The molecule has 0 spiro atoms. The molecule has 0 saturated carbocycles. The topological polar surface area (TPSA) is 66.4 Å². The Morgan fingerprint density at radius 2 is 1.56 bits per heavy atom. The minimum absolute atomic E-state index is 0.242. The Morgan fingerprint density at radius 3 is 1.89 bits per heavy atom. The van der Waals surface area contributed by atoms with Crippen LogP contribution in [0.4, 0.5) is 17.6 Å². The van der Waals surface area contributed by atoms with E-state index >= 15 is 0 Å². The fourth-order valence-electron chi connectivity index (χ4n) is 1.00. The Bertz CT molecular complexity index is 373. The number of alkyl halides is 4. The molecule has 0 heterocycles. The zero-order valence-corrected chi connectivity index (χ0v) is 11.0. The van der Waals surface area contributed by atoms with Crippen molar-refractivity contribution in [1.82, 2.24) is 0 Å². The van der Waals surface area contributed by atoms with Crippen LogP contribution >= 0.6 is 0 Å². The smallest absolute Gasteiger partial charge is 0.396 e.